The van der Waals surface area contributed by atoms with Crippen molar-refractivity contribution in [3.8, 4) is 17.2 Å². The van der Waals surface area contributed by atoms with E-state index in [1.807, 2.05) is 36.4 Å². The molecule has 2 nitrogen and oxygen atoms in total. The molecule has 0 spiro atoms. The Morgan fingerprint density at radius 3 is 2.60 bits per heavy atom. The Bertz CT molecular complexity index is 599. The van der Waals surface area contributed by atoms with Gasteiger partial charge in [-0.2, -0.15) is 0 Å². The van der Waals surface area contributed by atoms with Crippen LogP contribution in [0.1, 0.15) is 18.1 Å². The summed E-state index contributed by atoms with van der Waals surface area (Å²) in [4.78, 5) is 0. The van der Waals surface area contributed by atoms with E-state index in [0.717, 1.165) is 12.0 Å². The predicted molar refractivity (Wildman–Crippen MR) is 86.5 cm³/mol. The van der Waals surface area contributed by atoms with Gasteiger partial charge in [0.05, 0.1) is 12.1 Å². The van der Waals surface area contributed by atoms with E-state index in [2.05, 4.69) is 22.9 Å². The first kappa shape index (κ1) is 15.2. The number of halogens is 2. The Morgan fingerprint density at radius 1 is 1.15 bits per heavy atom. The molecule has 2 rings (SSSR count). The molecule has 4 heteroatoms. The van der Waals surface area contributed by atoms with Crippen molar-refractivity contribution in [3.63, 3.8) is 0 Å². The van der Waals surface area contributed by atoms with Crippen LogP contribution in [0.15, 0.2) is 36.4 Å². The van der Waals surface area contributed by atoms with E-state index in [1.165, 1.54) is 5.56 Å². The van der Waals surface area contributed by atoms with Crippen molar-refractivity contribution in [2.24, 2.45) is 0 Å². The van der Waals surface area contributed by atoms with E-state index >= 15 is 0 Å². The monoisotopic (exact) mass is 354 g/mol. The van der Waals surface area contributed by atoms with Crippen molar-refractivity contribution in [1.29, 1.82) is 0 Å². The Balaban J connectivity index is 2.39. The topological polar surface area (TPSA) is 18.5 Å². The van der Waals surface area contributed by atoms with E-state index in [9.17, 15) is 0 Å². The summed E-state index contributed by atoms with van der Waals surface area (Å²) in [5.74, 6) is 2.04. The van der Waals surface area contributed by atoms with Crippen LogP contribution in [0.2, 0.25) is 5.02 Å². The highest BCUT2D eigenvalue weighted by Crippen LogP contribution is 2.38. The number of methoxy groups -OCH3 is 1. The Labute approximate surface area is 132 Å². The molecule has 0 aliphatic carbocycles. The number of hydrogen-bond donors (Lipinski definition) is 0. The second kappa shape index (κ2) is 7.00. The number of benzene rings is 2. The zero-order valence-corrected chi connectivity index (χ0v) is 13.8. The van der Waals surface area contributed by atoms with Crippen LogP contribution in [0.5, 0.6) is 17.2 Å². The molecule has 0 saturated carbocycles. The summed E-state index contributed by atoms with van der Waals surface area (Å²) in [6, 6.07) is 11.6. The summed E-state index contributed by atoms with van der Waals surface area (Å²) in [5, 5.41) is 1.27. The van der Waals surface area contributed by atoms with Gasteiger partial charge in [0.15, 0.2) is 11.5 Å². The van der Waals surface area contributed by atoms with Crippen LogP contribution in [-0.4, -0.2) is 7.11 Å². The summed E-state index contributed by atoms with van der Waals surface area (Å²) >= 11 is 9.67. The standard InChI is InChI=1S/C16H16BrClO2/c1-3-11-7-8-14(15(9-11)19-2)20-16-12(10-17)5-4-6-13(16)18/h4-9H,3,10H2,1-2H3. The van der Waals surface area contributed by atoms with E-state index in [-0.39, 0.29) is 0 Å². The van der Waals surface area contributed by atoms with E-state index in [0.29, 0.717) is 27.6 Å². The molecule has 0 bridgehead atoms. The summed E-state index contributed by atoms with van der Waals surface area (Å²) in [5.41, 5.74) is 2.20. The third kappa shape index (κ3) is 3.28. The minimum absolute atomic E-state index is 0.587. The Kier molecular flexibility index (Phi) is 5.32. The minimum Gasteiger partial charge on any atom is -0.493 e. The van der Waals surface area contributed by atoms with Crippen LogP contribution >= 0.6 is 27.5 Å². The lowest BCUT2D eigenvalue weighted by Crippen LogP contribution is -1.95. The van der Waals surface area contributed by atoms with Crippen LogP contribution in [-0.2, 0) is 11.8 Å². The van der Waals surface area contributed by atoms with Gasteiger partial charge >= 0.3 is 0 Å². The van der Waals surface area contributed by atoms with Crippen molar-refractivity contribution in [3.05, 3.63) is 52.5 Å². The molecule has 0 radical (unpaired) electrons. The third-order valence-corrected chi connectivity index (χ3v) is 3.94. The fraction of sp³-hybridized carbons (Fsp3) is 0.250. The largest absolute Gasteiger partial charge is 0.493 e. The van der Waals surface area contributed by atoms with Gasteiger partial charge in [-0.15, -0.1) is 0 Å². The van der Waals surface area contributed by atoms with E-state index < -0.39 is 0 Å². The maximum absolute atomic E-state index is 6.23. The second-order valence-electron chi connectivity index (χ2n) is 4.30. The van der Waals surface area contributed by atoms with Crippen LogP contribution in [0.4, 0.5) is 0 Å². The quantitative estimate of drug-likeness (QED) is 0.650. The molecular formula is C16H16BrClO2. The number of alkyl halides is 1. The smallest absolute Gasteiger partial charge is 0.169 e. The molecular weight excluding hydrogens is 340 g/mol. The molecule has 0 aromatic heterocycles. The van der Waals surface area contributed by atoms with Gasteiger partial charge in [0, 0.05) is 10.9 Å². The zero-order chi connectivity index (χ0) is 14.5. The number of ether oxygens (including phenoxy) is 2. The van der Waals surface area contributed by atoms with Crippen molar-refractivity contribution in [1.82, 2.24) is 0 Å². The lowest BCUT2D eigenvalue weighted by Gasteiger charge is -2.14. The molecule has 0 N–H and O–H groups in total. The van der Waals surface area contributed by atoms with Gasteiger partial charge in [0.2, 0.25) is 0 Å². The van der Waals surface area contributed by atoms with E-state index in [4.69, 9.17) is 21.1 Å². The predicted octanol–water partition coefficient (Wildman–Crippen LogP) is 5.60. The van der Waals surface area contributed by atoms with Crippen molar-refractivity contribution in [2.45, 2.75) is 18.7 Å². The molecule has 0 aliphatic heterocycles. The van der Waals surface area contributed by atoms with Crippen molar-refractivity contribution in [2.75, 3.05) is 7.11 Å². The lowest BCUT2D eigenvalue weighted by atomic mass is 10.1. The van der Waals surface area contributed by atoms with Gasteiger partial charge < -0.3 is 9.47 Å². The maximum Gasteiger partial charge on any atom is 0.169 e. The molecule has 0 unspecified atom stereocenters. The fourth-order valence-corrected chi connectivity index (χ4v) is 2.57. The first-order valence-corrected chi connectivity index (χ1v) is 7.87. The summed E-state index contributed by atoms with van der Waals surface area (Å²) < 4.78 is 11.4. The average Bonchev–Trinajstić information content (AvgIpc) is 2.49. The van der Waals surface area contributed by atoms with Crippen LogP contribution in [0, 0.1) is 0 Å². The van der Waals surface area contributed by atoms with Crippen LogP contribution < -0.4 is 9.47 Å². The highest BCUT2D eigenvalue weighted by atomic mass is 79.9. The third-order valence-electron chi connectivity index (χ3n) is 3.04. The van der Waals surface area contributed by atoms with Gasteiger partial charge in [-0.05, 0) is 30.2 Å². The minimum atomic E-state index is 0.587. The maximum atomic E-state index is 6.23. The Hall–Kier alpha value is -1.19. The molecule has 0 atom stereocenters. The average molecular weight is 356 g/mol. The molecule has 106 valence electrons. The van der Waals surface area contributed by atoms with E-state index in [1.54, 1.807) is 7.11 Å². The molecule has 2 aromatic carbocycles. The van der Waals surface area contributed by atoms with Gasteiger partial charge in [0.1, 0.15) is 5.75 Å². The second-order valence-corrected chi connectivity index (χ2v) is 5.27. The SMILES string of the molecule is CCc1ccc(Oc2c(Cl)cccc2CBr)c(OC)c1. The molecule has 20 heavy (non-hydrogen) atoms. The highest BCUT2D eigenvalue weighted by Gasteiger charge is 2.12. The van der Waals surface area contributed by atoms with Gasteiger partial charge in [-0.1, -0.05) is 52.7 Å². The van der Waals surface area contributed by atoms with Crippen LogP contribution in [0.25, 0.3) is 0 Å². The number of rotatable bonds is 5. The molecule has 0 fully saturated rings. The van der Waals surface area contributed by atoms with Gasteiger partial charge in [-0.25, -0.2) is 0 Å². The highest BCUT2D eigenvalue weighted by molar-refractivity contribution is 9.08. The first-order chi connectivity index (χ1) is 9.69. The first-order valence-electron chi connectivity index (χ1n) is 6.37. The summed E-state index contributed by atoms with van der Waals surface area (Å²) in [7, 11) is 1.64. The normalized spacial score (nSPS) is 10.4. The zero-order valence-electron chi connectivity index (χ0n) is 11.5. The number of aryl methyl sites for hydroxylation is 1. The number of para-hydroxylation sites is 1. The molecule has 0 heterocycles. The van der Waals surface area contributed by atoms with Crippen molar-refractivity contribution < 1.29 is 9.47 Å². The summed E-state index contributed by atoms with van der Waals surface area (Å²) in [6.45, 7) is 2.10. The van der Waals surface area contributed by atoms with Crippen LogP contribution in [0.3, 0.4) is 0 Å². The Morgan fingerprint density at radius 2 is 1.95 bits per heavy atom. The van der Waals surface area contributed by atoms with Crippen molar-refractivity contribution >= 4 is 27.5 Å². The molecule has 0 amide bonds. The fourth-order valence-electron chi connectivity index (χ4n) is 1.90. The number of hydrogen-bond acceptors (Lipinski definition) is 2. The van der Waals surface area contributed by atoms with Gasteiger partial charge in [-0.3, -0.25) is 0 Å². The van der Waals surface area contributed by atoms with Gasteiger partial charge in [0.25, 0.3) is 0 Å². The molecule has 2 aromatic rings. The molecule has 0 aliphatic rings. The lowest BCUT2D eigenvalue weighted by molar-refractivity contribution is 0.377. The molecule has 0 saturated heterocycles. The summed E-state index contributed by atoms with van der Waals surface area (Å²) in [6.07, 6.45) is 0.954.